The molecular formula is C22H18N2. The van der Waals surface area contributed by atoms with E-state index in [1.165, 1.54) is 11.1 Å². The minimum atomic E-state index is 0.421. The SMILES string of the molecule is CC1=CC=c2cc(C#N)c(C#N)cc2=C2C=CC(C(C)C)=CC=C12. The highest BCUT2D eigenvalue weighted by Crippen LogP contribution is 2.27. The smallest absolute Gasteiger partial charge is 0.101 e. The third-order valence-corrected chi connectivity index (χ3v) is 4.50. The van der Waals surface area contributed by atoms with Crippen LogP contribution in [-0.2, 0) is 0 Å². The predicted octanol–water partition coefficient (Wildman–Crippen LogP) is 3.40. The first kappa shape index (κ1) is 15.8. The molecule has 1 aromatic rings. The van der Waals surface area contributed by atoms with Crippen molar-refractivity contribution in [3.05, 3.63) is 80.8 Å². The minimum Gasteiger partial charge on any atom is -0.192 e. The average molecular weight is 310 g/mol. The van der Waals surface area contributed by atoms with Gasteiger partial charge in [-0.2, -0.15) is 10.5 Å². The van der Waals surface area contributed by atoms with Gasteiger partial charge >= 0.3 is 0 Å². The topological polar surface area (TPSA) is 47.6 Å². The quantitative estimate of drug-likeness (QED) is 0.798. The lowest BCUT2D eigenvalue weighted by Gasteiger charge is -2.07. The minimum absolute atomic E-state index is 0.421. The zero-order chi connectivity index (χ0) is 17.3. The molecule has 0 amide bonds. The van der Waals surface area contributed by atoms with Gasteiger partial charge in [0.15, 0.2) is 0 Å². The summed E-state index contributed by atoms with van der Waals surface area (Å²) in [6.45, 7) is 6.45. The molecule has 0 spiro atoms. The van der Waals surface area contributed by atoms with Crippen molar-refractivity contribution in [3.8, 4) is 12.1 Å². The van der Waals surface area contributed by atoms with Gasteiger partial charge in [-0.25, -0.2) is 0 Å². The molecule has 2 heteroatoms. The molecule has 0 saturated heterocycles. The first-order valence-corrected chi connectivity index (χ1v) is 8.03. The van der Waals surface area contributed by atoms with Gasteiger partial charge in [0.25, 0.3) is 0 Å². The Balaban J connectivity index is 2.42. The summed E-state index contributed by atoms with van der Waals surface area (Å²) in [5.74, 6) is 0.451. The fourth-order valence-corrected chi connectivity index (χ4v) is 3.03. The summed E-state index contributed by atoms with van der Waals surface area (Å²) in [6, 6.07) is 7.91. The van der Waals surface area contributed by atoms with Crippen LogP contribution >= 0.6 is 0 Å². The lowest BCUT2D eigenvalue weighted by molar-refractivity contribution is 0.792. The monoisotopic (exact) mass is 310 g/mol. The molecule has 2 nitrogen and oxygen atoms in total. The molecule has 2 aliphatic carbocycles. The van der Waals surface area contributed by atoms with Crippen LogP contribution in [0.4, 0.5) is 0 Å². The number of nitrogens with zero attached hydrogens (tertiary/aromatic N) is 2. The summed E-state index contributed by atoms with van der Waals surface area (Å²) in [7, 11) is 0. The molecule has 0 unspecified atom stereocenters. The molecule has 0 bridgehead atoms. The first-order chi connectivity index (χ1) is 11.5. The van der Waals surface area contributed by atoms with Gasteiger partial charge in [0.05, 0.1) is 11.1 Å². The van der Waals surface area contributed by atoms with Gasteiger partial charge in [0, 0.05) is 0 Å². The maximum Gasteiger partial charge on any atom is 0.101 e. The Morgan fingerprint density at radius 2 is 1.58 bits per heavy atom. The lowest BCUT2D eigenvalue weighted by Crippen LogP contribution is -2.27. The summed E-state index contributed by atoms with van der Waals surface area (Å²) in [5, 5.41) is 20.6. The van der Waals surface area contributed by atoms with Gasteiger partial charge in [0.2, 0.25) is 0 Å². The molecular weight excluding hydrogens is 292 g/mol. The van der Waals surface area contributed by atoms with Crippen molar-refractivity contribution in [2.45, 2.75) is 20.8 Å². The van der Waals surface area contributed by atoms with Crippen LogP contribution in [0, 0.1) is 28.6 Å². The number of allylic oxidation sites excluding steroid dienone is 8. The number of hydrogen-bond acceptors (Lipinski definition) is 2. The molecule has 0 radical (unpaired) electrons. The third-order valence-electron chi connectivity index (χ3n) is 4.50. The van der Waals surface area contributed by atoms with E-state index in [0.717, 1.165) is 21.6 Å². The van der Waals surface area contributed by atoms with Crippen molar-refractivity contribution < 1.29 is 0 Å². The van der Waals surface area contributed by atoms with Crippen LogP contribution in [0.5, 0.6) is 0 Å². The standard InChI is InChI=1S/C22H18N2/c1-14(2)16-6-8-20-15(3)4-5-17-10-18(12-23)19(13-24)11-22(17)21(20)9-7-16/h4-11,14H,1-3H3. The van der Waals surface area contributed by atoms with Crippen LogP contribution in [0.1, 0.15) is 31.9 Å². The van der Waals surface area contributed by atoms with Crippen molar-refractivity contribution in [3.63, 3.8) is 0 Å². The van der Waals surface area contributed by atoms with E-state index in [-0.39, 0.29) is 0 Å². The molecule has 0 atom stereocenters. The van der Waals surface area contributed by atoms with Gasteiger partial charge < -0.3 is 0 Å². The van der Waals surface area contributed by atoms with Crippen molar-refractivity contribution >= 4 is 11.6 Å². The van der Waals surface area contributed by atoms with E-state index in [1.54, 1.807) is 0 Å². The van der Waals surface area contributed by atoms with Crippen LogP contribution in [0.25, 0.3) is 11.6 Å². The fourth-order valence-electron chi connectivity index (χ4n) is 3.03. The molecule has 1 aromatic carbocycles. The van der Waals surface area contributed by atoms with Crippen molar-refractivity contribution in [1.82, 2.24) is 0 Å². The number of hydrogen-bond donors (Lipinski definition) is 0. The predicted molar refractivity (Wildman–Crippen MR) is 96.9 cm³/mol. The molecule has 0 aromatic heterocycles. The van der Waals surface area contributed by atoms with Gasteiger partial charge in [-0.15, -0.1) is 0 Å². The van der Waals surface area contributed by atoms with E-state index >= 15 is 0 Å². The summed E-state index contributed by atoms with van der Waals surface area (Å²) < 4.78 is 0. The molecule has 0 N–H and O–H groups in total. The van der Waals surface area contributed by atoms with Crippen molar-refractivity contribution in [2.24, 2.45) is 5.92 Å². The summed E-state index contributed by atoms with van der Waals surface area (Å²) in [5.41, 5.74) is 5.54. The second kappa shape index (κ2) is 6.19. The molecule has 116 valence electrons. The Bertz CT molecular complexity index is 1040. The zero-order valence-corrected chi connectivity index (χ0v) is 14.1. The molecule has 2 aliphatic rings. The van der Waals surface area contributed by atoms with Crippen molar-refractivity contribution in [1.29, 1.82) is 10.5 Å². The Labute approximate surface area is 142 Å². The second-order valence-corrected chi connectivity index (χ2v) is 6.37. The highest BCUT2D eigenvalue weighted by molar-refractivity contribution is 5.82. The maximum absolute atomic E-state index is 9.36. The van der Waals surface area contributed by atoms with E-state index in [1.807, 2.05) is 18.2 Å². The number of benzene rings is 1. The Morgan fingerprint density at radius 3 is 2.25 bits per heavy atom. The first-order valence-electron chi connectivity index (χ1n) is 8.03. The van der Waals surface area contributed by atoms with Crippen LogP contribution in [0.15, 0.2) is 59.2 Å². The summed E-state index contributed by atoms with van der Waals surface area (Å²) in [4.78, 5) is 0. The molecule has 24 heavy (non-hydrogen) atoms. The molecule has 0 heterocycles. The van der Waals surface area contributed by atoms with Crippen LogP contribution < -0.4 is 10.4 Å². The Kier molecular flexibility index (Phi) is 4.07. The van der Waals surface area contributed by atoms with Crippen molar-refractivity contribution in [2.75, 3.05) is 0 Å². The maximum atomic E-state index is 9.36. The molecule has 0 aliphatic heterocycles. The summed E-state index contributed by atoms with van der Waals surface area (Å²) >= 11 is 0. The molecule has 0 saturated carbocycles. The Hall–Kier alpha value is -3.10. The lowest BCUT2D eigenvalue weighted by atomic mass is 9.96. The zero-order valence-electron chi connectivity index (χ0n) is 14.1. The fraction of sp³-hybridized carbons (Fsp3) is 0.182. The second-order valence-electron chi connectivity index (χ2n) is 6.37. The van der Waals surface area contributed by atoms with E-state index < -0.39 is 0 Å². The highest BCUT2D eigenvalue weighted by atomic mass is 14.3. The van der Waals surface area contributed by atoms with E-state index in [0.29, 0.717) is 17.0 Å². The van der Waals surface area contributed by atoms with Crippen LogP contribution in [-0.4, -0.2) is 0 Å². The largest absolute Gasteiger partial charge is 0.192 e. The number of fused-ring (bicyclic) bond motifs is 2. The van der Waals surface area contributed by atoms with Gasteiger partial charge in [-0.3, -0.25) is 0 Å². The van der Waals surface area contributed by atoms with Gasteiger partial charge in [-0.05, 0) is 57.7 Å². The normalized spacial score (nSPS) is 15.6. The van der Waals surface area contributed by atoms with Crippen LogP contribution in [0.3, 0.4) is 0 Å². The third kappa shape index (κ3) is 2.64. The Morgan fingerprint density at radius 1 is 0.875 bits per heavy atom. The van der Waals surface area contributed by atoms with E-state index in [2.05, 4.69) is 63.3 Å². The van der Waals surface area contributed by atoms with Crippen LogP contribution in [0.2, 0.25) is 0 Å². The van der Waals surface area contributed by atoms with E-state index in [9.17, 15) is 10.5 Å². The van der Waals surface area contributed by atoms with Gasteiger partial charge in [-0.1, -0.05) is 50.3 Å². The number of rotatable bonds is 1. The number of nitriles is 2. The highest BCUT2D eigenvalue weighted by Gasteiger charge is 2.13. The summed E-state index contributed by atoms with van der Waals surface area (Å²) in [6.07, 6.45) is 12.7. The van der Waals surface area contributed by atoms with E-state index in [4.69, 9.17) is 0 Å². The molecule has 3 rings (SSSR count). The molecule has 0 fully saturated rings. The van der Waals surface area contributed by atoms with Gasteiger partial charge in [0.1, 0.15) is 12.1 Å². The average Bonchev–Trinajstić information content (AvgIpc) is 2.87.